The molecule has 2 rings (SSSR count). The van der Waals surface area contributed by atoms with Crippen molar-refractivity contribution < 1.29 is 0 Å². The fourth-order valence-electron chi connectivity index (χ4n) is 2.45. The van der Waals surface area contributed by atoms with Crippen LogP contribution in [-0.2, 0) is 6.54 Å². The summed E-state index contributed by atoms with van der Waals surface area (Å²) in [7, 11) is 2.21. The first-order valence-electron chi connectivity index (χ1n) is 6.63. The Bertz CT molecular complexity index is 307. The number of nitrogens with zero attached hydrogens (tertiary/aromatic N) is 2. The summed E-state index contributed by atoms with van der Waals surface area (Å²) in [6, 6.07) is 4.19. The minimum Gasteiger partial charge on any atom is -0.316 e. The van der Waals surface area contributed by atoms with E-state index in [1.165, 1.54) is 44.5 Å². The lowest BCUT2D eigenvalue weighted by molar-refractivity contribution is 0.268. The van der Waals surface area contributed by atoms with Crippen LogP contribution in [0.5, 0.6) is 0 Å². The Labute approximate surface area is 104 Å². The smallest absolute Gasteiger partial charge is 0.0271 e. The Morgan fingerprint density at radius 2 is 2.24 bits per heavy atom. The lowest BCUT2D eigenvalue weighted by Crippen LogP contribution is -2.32. The van der Waals surface area contributed by atoms with E-state index in [0.717, 1.165) is 12.5 Å². The predicted molar refractivity (Wildman–Crippen MR) is 70.8 cm³/mol. The van der Waals surface area contributed by atoms with Crippen LogP contribution in [-0.4, -0.2) is 36.6 Å². The largest absolute Gasteiger partial charge is 0.316 e. The third kappa shape index (κ3) is 4.44. The fraction of sp³-hybridized carbons (Fsp3) is 0.643. The second-order valence-corrected chi connectivity index (χ2v) is 5.09. The molecule has 3 heteroatoms. The summed E-state index contributed by atoms with van der Waals surface area (Å²) >= 11 is 0. The van der Waals surface area contributed by atoms with E-state index in [1.54, 1.807) is 0 Å². The molecule has 0 aliphatic carbocycles. The first-order valence-corrected chi connectivity index (χ1v) is 6.63. The highest BCUT2D eigenvalue weighted by Gasteiger charge is 2.13. The number of aromatic nitrogens is 1. The molecular formula is C14H23N3. The van der Waals surface area contributed by atoms with Crippen LogP contribution >= 0.6 is 0 Å². The van der Waals surface area contributed by atoms with Crippen molar-refractivity contribution in [1.29, 1.82) is 0 Å². The molecule has 0 spiro atoms. The van der Waals surface area contributed by atoms with E-state index in [-0.39, 0.29) is 0 Å². The fourth-order valence-corrected chi connectivity index (χ4v) is 2.45. The molecule has 1 aliphatic rings. The molecular weight excluding hydrogens is 210 g/mol. The molecule has 1 saturated heterocycles. The summed E-state index contributed by atoms with van der Waals surface area (Å²) in [5, 5.41) is 3.48. The van der Waals surface area contributed by atoms with Crippen molar-refractivity contribution in [1.82, 2.24) is 15.2 Å². The molecule has 2 heterocycles. The molecule has 0 radical (unpaired) electrons. The van der Waals surface area contributed by atoms with E-state index in [1.807, 2.05) is 12.4 Å². The molecule has 1 N–H and O–H groups in total. The number of nitrogens with one attached hydrogen (secondary N) is 1. The second-order valence-electron chi connectivity index (χ2n) is 5.09. The Morgan fingerprint density at radius 3 is 2.94 bits per heavy atom. The van der Waals surface area contributed by atoms with E-state index < -0.39 is 0 Å². The number of rotatable bonds is 5. The highest BCUT2D eigenvalue weighted by Crippen LogP contribution is 2.14. The maximum atomic E-state index is 4.05. The lowest BCUT2D eigenvalue weighted by Gasteiger charge is -2.25. The average Bonchev–Trinajstić information content (AvgIpc) is 2.39. The van der Waals surface area contributed by atoms with Gasteiger partial charge in [-0.15, -0.1) is 0 Å². The topological polar surface area (TPSA) is 28.2 Å². The van der Waals surface area contributed by atoms with Gasteiger partial charge in [0.1, 0.15) is 0 Å². The van der Waals surface area contributed by atoms with Gasteiger partial charge in [0.15, 0.2) is 0 Å². The van der Waals surface area contributed by atoms with Crippen molar-refractivity contribution in [3.05, 3.63) is 30.1 Å². The minimum atomic E-state index is 0.878. The van der Waals surface area contributed by atoms with Gasteiger partial charge in [0.05, 0.1) is 0 Å². The molecule has 1 aromatic heterocycles. The summed E-state index contributed by atoms with van der Waals surface area (Å²) < 4.78 is 0. The van der Waals surface area contributed by atoms with Crippen LogP contribution in [0.15, 0.2) is 24.5 Å². The van der Waals surface area contributed by atoms with E-state index in [9.17, 15) is 0 Å². The number of piperidine rings is 1. The lowest BCUT2D eigenvalue weighted by atomic mass is 9.96. The van der Waals surface area contributed by atoms with Gasteiger partial charge in [-0.1, -0.05) is 0 Å². The Hall–Kier alpha value is -0.930. The van der Waals surface area contributed by atoms with Crippen LogP contribution in [0.4, 0.5) is 0 Å². The zero-order valence-electron chi connectivity index (χ0n) is 10.7. The van der Waals surface area contributed by atoms with E-state index in [0.29, 0.717) is 0 Å². The molecule has 3 nitrogen and oxygen atoms in total. The van der Waals surface area contributed by atoms with Crippen molar-refractivity contribution in [3.8, 4) is 0 Å². The Morgan fingerprint density at radius 1 is 1.41 bits per heavy atom. The maximum Gasteiger partial charge on any atom is 0.0271 e. The van der Waals surface area contributed by atoms with Gasteiger partial charge in [0.2, 0.25) is 0 Å². The molecule has 1 aliphatic heterocycles. The summed E-state index contributed by atoms with van der Waals surface area (Å²) in [5.41, 5.74) is 1.35. The molecule has 0 amide bonds. The average molecular weight is 233 g/mol. The number of pyridine rings is 1. The van der Waals surface area contributed by atoms with Crippen LogP contribution in [0, 0.1) is 5.92 Å². The van der Waals surface area contributed by atoms with Gasteiger partial charge in [-0.3, -0.25) is 4.98 Å². The number of hydrogen-bond donors (Lipinski definition) is 1. The third-order valence-corrected chi connectivity index (χ3v) is 3.52. The van der Waals surface area contributed by atoms with Crippen LogP contribution in [0.2, 0.25) is 0 Å². The van der Waals surface area contributed by atoms with Gasteiger partial charge < -0.3 is 10.2 Å². The van der Waals surface area contributed by atoms with Crippen molar-refractivity contribution in [2.75, 3.05) is 26.7 Å². The molecule has 0 bridgehead atoms. The van der Waals surface area contributed by atoms with Crippen molar-refractivity contribution in [3.63, 3.8) is 0 Å². The molecule has 0 aromatic carbocycles. The molecule has 17 heavy (non-hydrogen) atoms. The van der Waals surface area contributed by atoms with E-state index in [2.05, 4.69) is 34.4 Å². The third-order valence-electron chi connectivity index (χ3n) is 3.52. The van der Waals surface area contributed by atoms with Crippen LogP contribution in [0.3, 0.4) is 0 Å². The second kappa shape index (κ2) is 6.72. The molecule has 0 saturated carbocycles. The van der Waals surface area contributed by atoms with Gasteiger partial charge in [-0.05, 0) is 69.6 Å². The minimum absolute atomic E-state index is 0.878. The van der Waals surface area contributed by atoms with Gasteiger partial charge in [0.25, 0.3) is 0 Å². The van der Waals surface area contributed by atoms with Gasteiger partial charge in [-0.2, -0.15) is 0 Å². The SMILES string of the molecule is CN(CCC1CCCNC1)Cc1ccncc1. The Balaban J connectivity index is 1.68. The first-order chi connectivity index (χ1) is 8.34. The number of hydrogen-bond acceptors (Lipinski definition) is 3. The zero-order chi connectivity index (χ0) is 11.9. The van der Waals surface area contributed by atoms with Crippen LogP contribution in [0.1, 0.15) is 24.8 Å². The van der Waals surface area contributed by atoms with Crippen molar-refractivity contribution in [2.24, 2.45) is 5.92 Å². The molecule has 1 unspecified atom stereocenters. The quantitative estimate of drug-likeness (QED) is 0.842. The molecule has 94 valence electrons. The van der Waals surface area contributed by atoms with Gasteiger partial charge in [0, 0.05) is 18.9 Å². The summed E-state index contributed by atoms with van der Waals surface area (Å²) in [6.07, 6.45) is 7.80. The summed E-state index contributed by atoms with van der Waals surface area (Å²) in [6.45, 7) is 4.64. The van der Waals surface area contributed by atoms with Crippen LogP contribution < -0.4 is 5.32 Å². The molecule has 1 atom stereocenters. The summed E-state index contributed by atoms with van der Waals surface area (Å²) in [4.78, 5) is 6.45. The monoisotopic (exact) mass is 233 g/mol. The van der Waals surface area contributed by atoms with Crippen molar-refractivity contribution in [2.45, 2.75) is 25.8 Å². The van der Waals surface area contributed by atoms with E-state index in [4.69, 9.17) is 0 Å². The normalized spacial score (nSPS) is 20.7. The standard InChI is InChI=1S/C14H23N3/c1-17(12-14-4-8-15-9-5-14)10-6-13-3-2-7-16-11-13/h4-5,8-9,13,16H,2-3,6-7,10-12H2,1H3. The highest BCUT2D eigenvalue weighted by molar-refractivity contribution is 5.09. The summed E-state index contributed by atoms with van der Waals surface area (Å²) in [5.74, 6) is 0.878. The van der Waals surface area contributed by atoms with E-state index >= 15 is 0 Å². The van der Waals surface area contributed by atoms with Gasteiger partial charge >= 0.3 is 0 Å². The zero-order valence-corrected chi connectivity index (χ0v) is 10.7. The first kappa shape index (κ1) is 12.5. The molecule has 1 aromatic rings. The molecule has 1 fully saturated rings. The van der Waals surface area contributed by atoms with Crippen molar-refractivity contribution >= 4 is 0 Å². The van der Waals surface area contributed by atoms with Crippen LogP contribution in [0.25, 0.3) is 0 Å². The predicted octanol–water partition coefficient (Wildman–Crippen LogP) is 1.90. The van der Waals surface area contributed by atoms with Gasteiger partial charge in [-0.25, -0.2) is 0 Å². The maximum absolute atomic E-state index is 4.05. The highest BCUT2D eigenvalue weighted by atomic mass is 15.1. The Kier molecular flexibility index (Phi) is 4.95.